The molecule has 1 aliphatic rings. The Bertz CT molecular complexity index is 708. The Morgan fingerprint density at radius 2 is 1.95 bits per heavy atom. The molecule has 0 aliphatic carbocycles. The van der Waals surface area contributed by atoms with Crippen molar-refractivity contribution in [3.05, 3.63) is 41.3 Å². The number of benzene rings is 1. The molecule has 1 N–H and O–H groups in total. The molecule has 0 amide bonds. The number of imidazole rings is 1. The molecule has 2 heterocycles. The van der Waals surface area contributed by atoms with E-state index in [1.165, 1.54) is 4.57 Å². The molecule has 0 radical (unpaired) electrons. The van der Waals surface area contributed by atoms with Crippen molar-refractivity contribution < 1.29 is 13.2 Å². The smallest absolute Gasteiger partial charge is 0.321 e. The lowest BCUT2D eigenvalue weighted by atomic mass is 10.1. The predicted octanol–water partition coefficient (Wildman–Crippen LogP) is 2.54. The first-order valence-corrected chi connectivity index (χ1v) is 6.38. The number of nitrogens with one attached hydrogen (secondary N) is 1. The first kappa shape index (κ1) is 13.6. The van der Waals surface area contributed by atoms with Gasteiger partial charge in [0.2, 0.25) is 5.82 Å². The molecule has 1 aromatic heterocycles. The van der Waals surface area contributed by atoms with Crippen molar-refractivity contribution in [1.29, 1.82) is 5.26 Å². The maximum absolute atomic E-state index is 13.1. The second-order valence-corrected chi connectivity index (χ2v) is 4.75. The van der Waals surface area contributed by atoms with Crippen LogP contribution in [0.4, 0.5) is 13.2 Å². The molecule has 0 saturated heterocycles. The fourth-order valence-electron chi connectivity index (χ4n) is 2.45. The highest BCUT2D eigenvalue weighted by Crippen LogP contribution is 2.34. The van der Waals surface area contributed by atoms with Crippen molar-refractivity contribution in [2.75, 3.05) is 6.54 Å². The van der Waals surface area contributed by atoms with Gasteiger partial charge in [-0.3, -0.25) is 0 Å². The third kappa shape index (κ3) is 2.38. The van der Waals surface area contributed by atoms with E-state index in [0.29, 0.717) is 35.6 Å². The molecule has 0 atom stereocenters. The molecule has 0 saturated carbocycles. The first-order chi connectivity index (χ1) is 10.0. The molecule has 4 nitrogen and oxygen atoms in total. The SMILES string of the molecule is N#Cc1ccc(-c2nc(C(F)(F)F)n3c2CNCC3)cc1. The van der Waals surface area contributed by atoms with Gasteiger partial charge in [0.25, 0.3) is 0 Å². The number of rotatable bonds is 1. The van der Waals surface area contributed by atoms with Crippen LogP contribution in [0.1, 0.15) is 17.1 Å². The number of hydrogen-bond acceptors (Lipinski definition) is 3. The highest BCUT2D eigenvalue weighted by molar-refractivity contribution is 5.63. The quantitative estimate of drug-likeness (QED) is 0.878. The van der Waals surface area contributed by atoms with Gasteiger partial charge >= 0.3 is 6.18 Å². The van der Waals surface area contributed by atoms with Gasteiger partial charge in [0.1, 0.15) is 0 Å². The lowest BCUT2D eigenvalue weighted by Crippen LogP contribution is -2.30. The van der Waals surface area contributed by atoms with E-state index in [0.717, 1.165) is 0 Å². The van der Waals surface area contributed by atoms with Crippen LogP contribution in [0.15, 0.2) is 24.3 Å². The van der Waals surface area contributed by atoms with Crippen molar-refractivity contribution in [3.63, 3.8) is 0 Å². The van der Waals surface area contributed by atoms with Crippen LogP contribution in [0, 0.1) is 11.3 Å². The molecule has 1 aliphatic heterocycles. The second kappa shape index (κ2) is 4.90. The lowest BCUT2D eigenvalue weighted by Gasteiger charge is -2.19. The molecule has 21 heavy (non-hydrogen) atoms. The van der Waals surface area contributed by atoms with Crippen LogP contribution >= 0.6 is 0 Å². The monoisotopic (exact) mass is 292 g/mol. The summed E-state index contributed by atoms with van der Waals surface area (Å²) in [6.45, 7) is 1.07. The largest absolute Gasteiger partial charge is 0.449 e. The van der Waals surface area contributed by atoms with Gasteiger partial charge in [-0.15, -0.1) is 0 Å². The Balaban J connectivity index is 2.14. The minimum atomic E-state index is -4.48. The van der Waals surface area contributed by atoms with Gasteiger partial charge < -0.3 is 9.88 Å². The van der Waals surface area contributed by atoms with Gasteiger partial charge in [0, 0.05) is 25.2 Å². The predicted molar refractivity (Wildman–Crippen MR) is 69.1 cm³/mol. The summed E-state index contributed by atoms with van der Waals surface area (Å²) in [7, 11) is 0. The van der Waals surface area contributed by atoms with Crippen molar-refractivity contribution in [2.45, 2.75) is 19.3 Å². The van der Waals surface area contributed by atoms with Crippen LogP contribution in [0.5, 0.6) is 0 Å². The molecule has 3 rings (SSSR count). The number of nitriles is 1. The summed E-state index contributed by atoms with van der Waals surface area (Å²) in [5.74, 6) is -0.863. The zero-order valence-electron chi connectivity index (χ0n) is 10.9. The van der Waals surface area contributed by atoms with E-state index in [4.69, 9.17) is 5.26 Å². The Morgan fingerprint density at radius 1 is 1.24 bits per heavy atom. The van der Waals surface area contributed by atoms with Crippen molar-refractivity contribution in [1.82, 2.24) is 14.9 Å². The van der Waals surface area contributed by atoms with Gasteiger partial charge in [-0.05, 0) is 12.1 Å². The third-order valence-electron chi connectivity index (χ3n) is 3.42. The van der Waals surface area contributed by atoms with Crippen molar-refractivity contribution in [2.24, 2.45) is 0 Å². The van der Waals surface area contributed by atoms with Crippen molar-refractivity contribution in [3.8, 4) is 17.3 Å². The number of fused-ring (bicyclic) bond motifs is 1. The first-order valence-electron chi connectivity index (χ1n) is 6.38. The van der Waals surface area contributed by atoms with Gasteiger partial charge in [-0.1, -0.05) is 12.1 Å². The van der Waals surface area contributed by atoms with Crippen LogP contribution in [0.3, 0.4) is 0 Å². The summed E-state index contributed by atoms with van der Waals surface area (Å²) in [5.41, 5.74) is 1.88. The molecular weight excluding hydrogens is 281 g/mol. The number of hydrogen-bond donors (Lipinski definition) is 1. The number of halogens is 3. The summed E-state index contributed by atoms with van der Waals surface area (Å²) in [6, 6.07) is 8.37. The average molecular weight is 292 g/mol. The molecule has 2 aromatic rings. The molecule has 0 spiro atoms. The summed E-state index contributed by atoms with van der Waals surface area (Å²) >= 11 is 0. The zero-order chi connectivity index (χ0) is 15.0. The minimum Gasteiger partial charge on any atom is -0.321 e. The van der Waals surface area contributed by atoms with E-state index < -0.39 is 12.0 Å². The van der Waals surface area contributed by atoms with E-state index in [-0.39, 0.29) is 6.54 Å². The standard InChI is InChI=1S/C14H11F3N4/c15-14(16,17)13-20-12(11-8-19-5-6-21(11)13)10-3-1-9(7-18)2-4-10/h1-4,19H,5-6,8H2. The fourth-order valence-corrected chi connectivity index (χ4v) is 2.45. The van der Waals surface area contributed by atoms with E-state index >= 15 is 0 Å². The fraction of sp³-hybridized carbons (Fsp3) is 0.286. The third-order valence-corrected chi connectivity index (χ3v) is 3.42. The van der Waals surface area contributed by atoms with E-state index in [1.54, 1.807) is 24.3 Å². The average Bonchev–Trinajstić information content (AvgIpc) is 2.87. The van der Waals surface area contributed by atoms with E-state index in [1.807, 2.05) is 6.07 Å². The highest BCUT2D eigenvalue weighted by Gasteiger charge is 2.39. The maximum atomic E-state index is 13.1. The van der Waals surface area contributed by atoms with Crippen LogP contribution < -0.4 is 5.32 Å². The van der Waals surface area contributed by atoms with Gasteiger partial charge in [0.05, 0.1) is 23.0 Å². The Hall–Kier alpha value is -2.33. The minimum absolute atomic E-state index is 0.244. The number of nitrogens with zero attached hydrogens (tertiary/aromatic N) is 3. The molecule has 108 valence electrons. The topological polar surface area (TPSA) is 53.6 Å². The summed E-state index contributed by atoms with van der Waals surface area (Å²) in [6.07, 6.45) is -4.48. The van der Waals surface area contributed by atoms with E-state index in [9.17, 15) is 13.2 Å². The summed E-state index contributed by atoms with van der Waals surface area (Å²) in [5, 5.41) is 11.8. The molecule has 1 aromatic carbocycles. The second-order valence-electron chi connectivity index (χ2n) is 4.75. The van der Waals surface area contributed by atoms with E-state index in [2.05, 4.69) is 10.3 Å². The zero-order valence-corrected chi connectivity index (χ0v) is 10.9. The van der Waals surface area contributed by atoms with Crippen molar-refractivity contribution >= 4 is 0 Å². The molecule has 0 fully saturated rings. The lowest BCUT2D eigenvalue weighted by molar-refractivity contribution is -0.147. The molecular formula is C14H11F3N4. The molecule has 7 heteroatoms. The van der Waals surface area contributed by atoms with Crippen LogP contribution in [0.2, 0.25) is 0 Å². The van der Waals surface area contributed by atoms with Crippen LogP contribution in [0.25, 0.3) is 11.3 Å². The maximum Gasteiger partial charge on any atom is 0.449 e. The van der Waals surface area contributed by atoms with Gasteiger partial charge in [0.15, 0.2) is 0 Å². The number of aromatic nitrogens is 2. The molecule has 0 bridgehead atoms. The van der Waals surface area contributed by atoms with Gasteiger partial charge in [-0.25, -0.2) is 4.98 Å². The highest BCUT2D eigenvalue weighted by atomic mass is 19.4. The Labute approximate surface area is 118 Å². The normalized spacial score (nSPS) is 14.6. The summed E-state index contributed by atoms with van der Waals surface area (Å²) in [4.78, 5) is 3.80. The van der Waals surface area contributed by atoms with Gasteiger partial charge in [-0.2, -0.15) is 18.4 Å². The Kier molecular flexibility index (Phi) is 3.18. The van der Waals surface area contributed by atoms with Crippen LogP contribution in [-0.2, 0) is 19.3 Å². The van der Waals surface area contributed by atoms with Crippen LogP contribution in [-0.4, -0.2) is 16.1 Å². The number of alkyl halides is 3. The summed E-state index contributed by atoms with van der Waals surface area (Å²) < 4.78 is 40.5. The Morgan fingerprint density at radius 3 is 2.57 bits per heavy atom. The molecule has 0 unspecified atom stereocenters.